The van der Waals surface area contributed by atoms with E-state index in [1.807, 2.05) is 6.92 Å². The van der Waals surface area contributed by atoms with E-state index in [0.29, 0.717) is 19.6 Å². The van der Waals surface area contributed by atoms with E-state index in [1.54, 1.807) is 0 Å². The summed E-state index contributed by atoms with van der Waals surface area (Å²) >= 11 is 0. The molecule has 0 radical (unpaired) electrons. The minimum atomic E-state index is -3.59. The molecule has 0 unspecified atom stereocenters. The lowest BCUT2D eigenvalue weighted by Crippen LogP contribution is -2.48. The predicted molar refractivity (Wildman–Crippen MR) is 105 cm³/mol. The highest BCUT2D eigenvalue weighted by Crippen LogP contribution is 2.26. The molecule has 27 heavy (non-hydrogen) atoms. The summed E-state index contributed by atoms with van der Waals surface area (Å²) in [5, 5.41) is 0. The van der Waals surface area contributed by atoms with Gasteiger partial charge in [0.15, 0.2) is 0 Å². The predicted octanol–water partition coefficient (Wildman–Crippen LogP) is 1.58. The van der Waals surface area contributed by atoms with Gasteiger partial charge in [0.2, 0.25) is 20.0 Å². The highest BCUT2D eigenvalue weighted by atomic mass is 32.2. The lowest BCUT2D eigenvalue weighted by molar-refractivity contribution is 0.196. The molecule has 0 saturated carbocycles. The third-order valence-corrected chi connectivity index (χ3v) is 9.53. The van der Waals surface area contributed by atoms with E-state index in [9.17, 15) is 16.8 Å². The zero-order chi connectivity index (χ0) is 19.7. The van der Waals surface area contributed by atoms with Gasteiger partial charge in [-0.2, -0.15) is 8.61 Å². The molecule has 1 aromatic rings. The van der Waals surface area contributed by atoms with Gasteiger partial charge in [-0.3, -0.25) is 0 Å². The van der Waals surface area contributed by atoms with Gasteiger partial charge in [-0.05, 0) is 50.6 Å². The number of sulfonamides is 2. The molecule has 0 amide bonds. The molecule has 3 rings (SSSR count). The van der Waals surface area contributed by atoms with Gasteiger partial charge >= 0.3 is 0 Å². The fourth-order valence-corrected chi connectivity index (χ4v) is 6.90. The molecule has 1 aromatic carbocycles. The number of hydrogen-bond acceptors (Lipinski definition) is 5. The standard InChI is InChI=1S/C18H29N3O4S2/c1-3-19-12-14-20(15-13-19)26(22,23)17-7-9-18(10-8-17)27(24,25)21-11-5-4-6-16(21)2/h7-10,16H,3-6,11-15H2,1-2H3/t16-/m1/s1. The molecule has 2 heterocycles. The van der Waals surface area contributed by atoms with Gasteiger partial charge < -0.3 is 4.90 Å². The normalized spacial score (nSPS) is 24.1. The molecule has 2 saturated heterocycles. The molecule has 0 spiro atoms. The Balaban J connectivity index is 1.78. The summed E-state index contributed by atoms with van der Waals surface area (Å²) in [6, 6.07) is 5.66. The first-order chi connectivity index (χ1) is 12.8. The van der Waals surface area contributed by atoms with Crippen molar-refractivity contribution in [1.82, 2.24) is 13.5 Å². The van der Waals surface area contributed by atoms with Crippen LogP contribution in [0.1, 0.15) is 33.1 Å². The van der Waals surface area contributed by atoms with Crippen molar-refractivity contribution in [3.63, 3.8) is 0 Å². The van der Waals surface area contributed by atoms with Gasteiger partial charge in [-0.1, -0.05) is 13.3 Å². The highest BCUT2D eigenvalue weighted by Gasteiger charge is 2.32. The van der Waals surface area contributed by atoms with Crippen molar-refractivity contribution in [3.8, 4) is 0 Å². The second kappa shape index (κ2) is 8.16. The minimum absolute atomic E-state index is 0.0259. The summed E-state index contributed by atoms with van der Waals surface area (Å²) in [6.07, 6.45) is 2.75. The molecular weight excluding hydrogens is 386 g/mol. The summed E-state index contributed by atoms with van der Waals surface area (Å²) in [5.41, 5.74) is 0. The number of piperazine rings is 1. The highest BCUT2D eigenvalue weighted by molar-refractivity contribution is 7.89. The van der Waals surface area contributed by atoms with E-state index >= 15 is 0 Å². The van der Waals surface area contributed by atoms with Crippen molar-refractivity contribution in [2.45, 2.75) is 48.9 Å². The molecule has 0 bridgehead atoms. The molecule has 2 fully saturated rings. The van der Waals surface area contributed by atoms with Crippen LogP contribution in [-0.4, -0.2) is 75.7 Å². The Labute approximate surface area is 163 Å². The fraction of sp³-hybridized carbons (Fsp3) is 0.667. The summed E-state index contributed by atoms with van der Waals surface area (Å²) in [6.45, 7) is 7.77. The number of benzene rings is 1. The molecule has 2 aliphatic rings. The maximum absolute atomic E-state index is 12.9. The number of hydrogen-bond donors (Lipinski definition) is 0. The van der Waals surface area contributed by atoms with Gasteiger partial charge in [-0.15, -0.1) is 0 Å². The number of piperidine rings is 1. The van der Waals surface area contributed by atoms with Gasteiger partial charge in [-0.25, -0.2) is 16.8 Å². The Morgan fingerprint density at radius 2 is 1.41 bits per heavy atom. The van der Waals surface area contributed by atoms with Gasteiger partial charge in [0.05, 0.1) is 9.79 Å². The van der Waals surface area contributed by atoms with Crippen molar-refractivity contribution in [2.75, 3.05) is 39.3 Å². The largest absolute Gasteiger partial charge is 0.301 e. The molecular formula is C18H29N3O4S2. The first-order valence-corrected chi connectivity index (χ1v) is 12.5. The minimum Gasteiger partial charge on any atom is -0.301 e. The lowest BCUT2D eigenvalue weighted by Gasteiger charge is -2.33. The van der Waals surface area contributed by atoms with Crippen molar-refractivity contribution < 1.29 is 16.8 Å². The summed E-state index contributed by atoms with van der Waals surface area (Å²) in [4.78, 5) is 2.52. The van der Waals surface area contributed by atoms with Gasteiger partial charge in [0, 0.05) is 38.8 Å². The van der Waals surface area contributed by atoms with E-state index in [4.69, 9.17) is 0 Å². The zero-order valence-corrected chi connectivity index (χ0v) is 17.7. The topological polar surface area (TPSA) is 78.0 Å². The van der Waals surface area contributed by atoms with Crippen LogP contribution < -0.4 is 0 Å². The number of nitrogens with zero attached hydrogens (tertiary/aromatic N) is 3. The Morgan fingerprint density at radius 3 is 1.93 bits per heavy atom. The van der Waals surface area contributed by atoms with Crippen LogP contribution in [0.25, 0.3) is 0 Å². The monoisotopic (exact) mass is 415 g/mol. The SMILES string of the molecule is CCN1CCN(S(=O)(=O)c2ccc(S(=O)(=O)N3CCCC[C@H]3C)cc2)CC1. The maximum Gasteiger partial charge on any atom is 0.243 e. The Kier molecular flexibility index (Phi) is 6.27. The van der Waals surface area contributed by atoms with Crippen LogP contribution >= 0.6 is 0 Å². The Morgan fingerprint density at radius 1 is 0.852 bits per heavy atom. The van der Waals surface area contributed by atoms with Crippen molar-refractivity contribution in [2.24, 2.45) is 0 Å². The van der Waals surface area contributed by atoms with Crippen molar-refractivity contribution >= 4 is 20.0 Å². The molecule has 152 valence electrons. The smallest absolute Gasteiger partial charge is 0.243 e. The third kappa shape index (κ3) is 4.22. The van der Waals surface area contributed by atoms with Gasteiger partial charge in [0.25, 0.3) is 0 Å². The van der Waals surface area contributed by atoms with Crippen LogP contribution in [0.3, 0.4) is 0 Å². The second-order valence-electron chi connectivity index (χ2n) is 7.27. The average molecular weight is 416 g/mol. The van der Waals surface area contributed by atoms with E-state index in [1.165, 1.54) is 32.9 Å². The number of likely N-dealkylation sites (N-methyl/N-ethyl adjacent to an activating group) is 1. The van der Waals surface area contributed by atoms with E-state index < -0.39 is 20.0 Å². The Hall–Kier alpha value is -1.00. The molecule has 0 aliphatic carbocycles. The first kappa shape index (κ1) is 20.7. The molecule has 9 heteroatoms. The average Bonchev–Trinajstić information content (AvgIpc) is 2.68. The third-order valence-electron chi connectivity index (χ3n) is 5.59. The molecule has 0 aromatic heterocycles. The van der Waals surface area contributed by atoms with Crippen LogP contribution in [0, 0.1) is 0 Å². The van der Waals surface area contributed by atoms with E-state index in [0.717, 1.165) is 38.9 Å². The van der Waals surface area contributed by atoms with Crippen LogP contribution in [0.15, 0.2) is 34.1 Å². The summed E-state index contributed by atoms with van der Waals surface area (Å²) in [7, 11) is -7.18. The second-order valence-corrected chi connectivity index (χ2v) is 11.1. The number of rotatable bonds is 5. The van der Waals surface area contributed by atoms with Crippen LogP contribution in [0.2, 0.25) is 0 Å². The van der Waals surface area contributed by atoms with Gasteiger partial charge in [0.1, 0.15) is 0 Å². The first-order valence-electron chi connectivity index (χ1n) is 9.61. The summed E-state index contributed by atoms with van der Waals surface area (Å²) in [5.74, 6) is 0. The fourth-order valence-electron chi connectivity index (χ4n) is 3.78. The summed E-state index contributed by atoms with van der Waals surface area (Å²) < 4.78 is 54.5. The van der Waals surface area contributed by atoms with Crippen LogP contribution in [0.5, 0.6) is 0 Å². The Bertz CT molecular complexity index is 845. The quantitative estimate of drug-likeness (QED) is 0.730. The zero-order valence-electron chi connectivity index (χ0n) is 16.0. The molecule has 2 aliphatic heterocycles. The van der Waals surface area contributed by atoms with E-state index in [2.05, 4.69) is 11.8 Å². The molecule has 0 N–H and O–H groups in total. The van der Waals surface area contributed by atoms with Crippen molar-refractivity contribution in [3.05, 3.63) is 24.3 Å². The maximum atomic E-state index is 12.9. The molecule has 1 atom stereocenters. The van der Waals surface area contributed by atoms with Crippen LogP contribution in [-0.2, 0) is 20.0 Å². The van der Waals surface area contributed by atoms with Crippen LogP contribution in [0.4, 0.5) is 0 Å². The van der Waals surface area contributed by atoms with Crippen molar-refractivity contribution in [1.29, 1.82) is 0 Å². The van der Waals surface area contributed by atoms with E-state index in [-0.39, 0.29) is 15.8 Å². The lowest BCUT2D eigenvalue weighted by atomic mass is 10.1. The molecule has 7 nitrogen and oxygen atoms in total.